The maximum atomic E-state index is 5.80. The molecule has 168 valence electrons. The minimum Gasteiger partial charge on any atom is -0.494 e. The third-order valence-corrected chi connectivity index (χ3v) is 4.86. The Bertz CT molecular complexity index is 825. The number of anilines is 1. The SMILES string of the molecule is CCCCCCCCOc1ccc(C=NNC(=S)Nc2ccc(OC)c(OC)c2)cc1. The van der Waals surface area contributed by atoms with E-state index in [0.29, 0.717) is 16.6 Å². The summed E-state index contributed by atoms with van der Waals surface area (Å²) >= 11 is 5.28. The molecule has 2 aromatic carbocycles. The van der Waals surface area contributed by atoms with Gasteiger partial charge in [-0.1, -0.05) is 39.0 Å². The predicted octanol–water partition coefficient (Wildman–Crippen LogP) is 5.76. The summed E-state index contributed by atoms with van der Waals surface area (Å²) in [5.41, 5.74) is 4.54. The van der Waals surface area contributed by atoms with Crippen LogP contribution in [-0.2, 0) is 0 Å². The van der Waals surface area contributed by atoms with Crippen LogP contribution < -0.4 is 25.0 Å². The van der Waals surface area contributed by atoms with Crippen LogP contribution in [0.15, 0.2) is 47.6 Å². The Kier molecular flexibility index (Phi) is 11.2. The number of nitrogens with one attached hydrogen (secondary N) is 2. The van der Waals surface area contributed by atoms with Gasteiger partial charge in [0.2, 0.25) is 0 Å². The second-order valence-corrected chi connectivity index (χ2v) is 7.49. The second-order valence-electron chi connectivity index (χ2n) is 7.08. The number of benzene rings is 2. The van der Waals surface area contributed by atoms with Gasteiger partial charge in [-0.25, -0.2) is 0 Å². The number of unbranched alkanes of at least 4 members (excludes halogenated alkanes) is 5. The minimum atomic E-state index is 0.377. The normalized spacial score (nSPS) is 10.7. The zero-order chi connectivity index (χ0) is 22.3. The molecular weight excluding hydrogens is 410 g/mol. The van der Waals surface area contributed by atoms with Crippen LogP contribution in [0.4, 0.5) is 5.69 Å². The molecule has 7 heteroatoms. The Morgan fingerprint density at radius 2 is 1.65 bits per heavy atom. The van der Waals surface area contributed by atoms with E-state index in [-0.39, 0.29) is 0 Å². The van der Waals surface area contributed by atoms with Crippen molar-refractivity contribution >= 4 is 29.2 Å². The zero-order valence-electron chi connectivity index (χ0n) is 18.6. The van der Waals surface area contributed by atoms with E-state index in [9.17, 15) is 0 Å². The smallest absolute Gasteiger partial charge is 0.191 e. The Balaban J connectivity index is 1.71. The van der Waals surface area contributed by atoms with Crippen LogP contribution in [0.1, 0.15) is 51.0 Å². The molecule has 2 rings (SSSR count). The van der Waals surface area contributed by atoms with Crippen LogP contribution in [-0.4, -0.2) is 32.2 Å². The molecule has 0 aliphatic carbocycles. The Labute approximate surface area is 191 Å². The molecule has 31 heavy (non-hydrogen) atoms. The van der Waals surface area contributed by atoms with E-state index >= 15 is 0 Å². The van der Waals surface area contributed by atoms with Crippen LogP contribution in [0.5, 0.6) is 17.2 Å². The molecule has 2 aromatic rings. The topological polar surface area (TPSA) is 64.1 Å². The van der Waals surface area contributed by atoms with Crippen LogP contribution in [0, 0.1) is 0 Å². The number of hydrogen-bond donors (Lipinski definition) is 2. The van der Waals surface area contributed by atoms with Crippen LogP contribution in [0.3, 0.4) is 0 Å². The van der Waals surface area contributed by atoms with Gasteiger partial charge in [0.1, 0.15) is 5.75 Å². The zero-order valence-corrected chi connectivity index (χ0v) is 19.5. The number of hydrogen-bond acceptors (Lipinski definition) is 5. The molecule has 0 unspecified atom stereocenters. The van der Waals surface area contributed by atoms with Crippen molar-refractivity contribution in [3.63, 3.8) is 0 Å². The van der Waals surface area contributed by atoms with Gasteiger partial charge in [-0.2, -0.15) is 5.10 Å². The van der Waals surface area contributed by atoms with Gasteiger partial charge in [0.15, 0.2) is 16.6 Å². The summed E-state index contributed by atoms with van der Waals surface area (Å²) in [4.78, 5) is 0. The van der Waals surface area contributed by atoms with Crippen molar-refractivity contribution < 1.29 is 14.2 Å². The van der Waals surface area contributed by atoms with Gasteiger partial charge in [-0.05, 0) is 60.6 Å². The number of methoxy groups -OCH3 is 2. The van der Waals surface area contributed by atoms with Gasteiger partial charge in [0.05, 0.1) is 27.0 Å². The minimum absolute atomic E-state index is 0.377. The molecule has 0 heterocycles. The Hall–Kier alpha value is -2.80. The van der Waals surface area contributed by atoms with E-state index in [1.54, 1.807) is 26.5 Å². The quantitative estimate of drug-likeness (QED) is 0.177. The van der Waals surface area contributed by atoms with Crippen molar-refractivity contribution in [1.29, 1.82) is 0 Å². The highest BCUT2D eigenvalue weighted by atomic mass is 32.1. The molecular formula is C24H33N3O3S. The van der Waals surface area contributed by atoms with Crippen molar-refractivity contribution in [2.75, 3.05) is 26.1 Å². The molecule has 0 atom stereocenters. The third-order valence-electron chi connectivity index (χ3n) is 4.67. The summed E-state index contributed by atoms with van der Waals surface area (Å²) in [6.07, 6.45) is 9.26. The summed E-state index contributed by atoms with van der Waals surface area (Å²) < 4.78 is 16.3. The second kappa shape index (κ2) is 14.2. The van der Waals surface area contributed by atoms with Gasteiger partial charge in [0.25, 0.3) is 0 Å². The van der Waals surface area contributed by atoms with Crippen LogP contribution in [0.2, 0.25) is 0 Å². The van der Waals surface area contributed by atoms with E-state index in [0.717, 1.165) is 30.0 Å². The fraction of sp³-hybridized carbons (Fsp3) is 0.417. The Morgan fingerprint density at radius 1 is 0.935 bits per heavy atom. The number of rotatable bonds is 13. The molecule has 0 spiro atoms. The first-order valence-corrected chi connectivity index (χ1v) is 11.1. The first-order valence-electron chi connectivity index (χ1n) is 10.7. The maximum Gasteiger partial charge on any atom is 0.191 e. The van der Waals surface area contributed by atoms with Crippen molar-refractivity contribution in [3.05, 3.63) is 48.0 Å². The average Bonchev–Trinajstić information content (AvgIpc) is 2.79. The van der Waals surface area contributed by atoms with E-state index in [1.807, 2.05) is 36.4 Å². The molecule has 0 amide bonds. The van der Waals surface area contributed by atoms with Crippen molar-refractivity contribution in [2.24, 2.45) is 5.10 Å². The highest BCUT2D eigenvalue weighted by Crippen LogP contribution is 2.29. The number of hydrazone groups is 1. The lowest BCUT2D eigenvalue weighted by Crippen LogP contribution is -2.23. The monoisotopic (exact) mass is 443 g/mol. The lowest BCUT2D eigenvalue weighted by Gasteiger charge is -2.11. The number of nitrogens with zero attached hydrogens (tertiary/aromatic N) is 1. The van der Waals surface area contributed by atoms with E-state index in [4.69, 9.17) is 26.4 Å². The Morgan fingerprint density at radius 3 is 2.35 bits per heavy atom. The summed E-state index contributed by atoms with van der Waals surface area (Å²) in [6.45, 7) is 3.00. The number of thiocarbonyl (C=S) groups is 1. The average molecular weight is 444 g/mol. The van der Waals surface area contributed by atoms with Crippen LogP contribution >= 0.6 is 12.2 Å². The summed E-state index contributed by atoms with van der Waals surface area (Å²) in [6, 6.07) is 13.3. The van der Waals surface area contributed by atoms with Crippen LogP contribution in [0.25, 0.3) is 0 Å². The summed E-state index contributed by atoms with van der Waals surface area (Å²) in [5, 5.41) is 7.62. The summed E-state index contributed by atoms with van der Waals surface area (Å²) in [5.74, 6) is 2.16. The third kappa shape index (κ3) is 9.26. The van der Waals surface area contributed by atoms with Gasteiger partial charge in [0, 0.05) is 11.8 Å². The molecule has 0 fully saturated rings. The lowest BCUT2D eigenvalue weighted by molar-refractivity contribution is 0.304. The molecule has 0 aromatic heterocycles. The fourth-order valence-electron chi connectivity index (χ4n) is 2.96. The van der Waals surface area contributed by atoms with Crippen molar-refractivity contribution in [1.82, 2.24) is 5.43 Å². The highest BCUT2D eigenvalue weighted by molar-refractivity contribution is 7.80. The fourth-order valence-corrected chi connectivity index (χ4v) is 3.13. The molecule has 2 N–H and O–H groups in total. The molecule has 6 nitrogen and oxygen atoms in total. The predicted molar refractivity (Wildman–Crippen MR) is 132 cm³/mol. The maximum absolute atomic E-state index is 5.80. The standard InChI is InChI=1S/C24H33N3O3S/c1-4-5-6-7-8-9-16-30-21-13-10-19(11-14-21)18-25-27-24(31)26-20-12-15-22(28-2)23(17-20)29-3/h10-15,17-18H,4-9,16H2,1-3H3,(H2,26,27,31). The summed E-state index contributed by atoms with van der Waals surface area (Å²) in [7, 11) is 3.19. The first kappa shape index (κ1) is 24.5. The van der Waals surface area contributed by atoms with Gasteiger partial charge < -0.3 is 19.5 Å². The van der Waals surface area contributed by atoms with Crippen molar-refractivity contribution in [2.45, 2.75) is 45.4 Å². The molecule has 0 radical (unpaired) electrons. The van der Waals surface area contributed by atoms with E-state index in [2.05, 4.69) is 22.8 Å². The van der Waals surface area contributed by atoms with Crippen molar-refractivity contribution in [3.8, 4) is 17.2 Å². The molecule has 0 bridgehead atoms. The lowest BCUT2D eigenvalue weighted by atomic mass is 10.1. The molecule has 0 aliphatic rings. The highest BCUT2D eigenvalue weighted by Gasteiger charge is 2.05. The largest absolute Gasteiger partial charge is 0.494 e. The van der Waals surface area contributed by atoms with Gasteiger partial charge in [-0.3, -0.25) is 5.43 Å². The van der Waals surface area contributed by atoms with E-state index in [1.165, 1.54) is 32.1 Å². The molecule has 0 saturated heterocycles. The number of ether oxygens (including phenoxy) is 3. The van der Waals surface area contributed by atoms with Gasteiger partial charge >= 0.3 is 0 Å². The van der Waals surface area contributed by atoms with E-state index < -0.39 is 0 Å². The van der Waals surface area contributed by atoms with Gasteiger partial charge in [-0.15, -0.1) is 0 Å². The molecule has 0 aliphatic heterocycles. The first-order chi connectivity index (χ1) is 15.2. The molecule has 0 saturated carbocycles.